The molecule has 2 aromatic carbocycles. The first kappa shape index (κ1) is 16.0. The van der Waals surface area contributed by atoms with Crippen molar-refractivity contribution in [2.24, 2.45) is 0 Å². The average molecular weight is 306 g/mol. The number of benzene rings is 2. The molecule has 1 nitrogen and oxygen atoms in total. The van der Waals surface area contributed by atoms with Crippen molar-refractivity contribution >= 4 is 11.6 Å². The van der Waals surface area contributed by atoms with Crippen LogP contribution in [-0.4, -0.2) is 12.1 Å². The summed E-state index contributed by atoms with van der Waals surface area (Å²) >= 11 is 5.89. The topological polar surface area (TPSA) is 12.0 Å². The number of hydrogen-bond donors (Lipinski definition) is 1. The van der Waals surface area contributed by atoms with Crippen molar-refractivity contribution in [3.05, 3.63) is 70.5 Å². The Morgan fingerprint density at radius 1 is 0.857 bits per heavy atom. The SMILES string of the molecule is CC(Cc1ccc(F)cc1)NC(C)Cc1ccc(Cl)cc1. The molecule has 2 atom stereocenters. The van der Waals surface area contributed by atoms with Gasteiger partial charge in [0.1, 0.15) is 5.82 Å². The minimum Gasteiger partial charge on any atom is -0.311 e. The van der Waals surface area contributed by atoms with E-state index < -0.39 is 0 Å². The maximum Gasteiger partial charge on any atom is 0.123 e. The zero-order valence-electron chi connectivity index (χ0n) is 12.4. The second-order valence-corrected chi connectivity index (χ2v) is 6.07. The third-order valence-corrected chi connectivity index (χ3v) is 3.73. The quantitative estimate of drug-likeness (QED) is 0.820. The molecule has 112 valence electrons. The first-order valence-corrected chi connectivity index (χ1v) is 7.65. The van der Waals surface area contributed by atoms with E-state index in [2.05, 4.69) is 31.3 Å². The number of hydrogen-bond acceptors (Lipinski definition) is 1. The molecule has 2 unspecified atom stereocenters. The molecular weight excluding hydrogens is 285 g/mol. The van der Waals surface area contributed by atoms with Gasteiger partial charge in [0.15, 0.2) is 0 Å². The van der Waals surface area contributed by atoms with E-state index in [1.54, 1.807) is 0 Å². The van der Waals surface area contributed by atoms with Crippen molar-refractivity contribution in [3.8, 4) is 0 Å². The molecule has 0 radical (unpaired) electrons. The molecule has 0 aliphatic heterocycles. The maximum atomic E-state index is 12.9. The van der Waals surface area contributed by atoms with E-state index in [4.69, 9.17) is 11.6 Å². The molecule has 0 fully saturated rings. The molecule has 0 aliphatic rings. The number of halogens is 2. The van der Waals surface area contributed by atoms with Crippen molar-refractivity contribution in [2.75, 3.05) is 0 Å². The molecule has 0 amide bonds. The van der Waals surface area contributed by atoms with Crippen molar-refractivity contribution in [3.63, 3.8) is 0 Å². The van der Waals surface area contributed by atoms with Crippen LogP contribution in [0.25, 0.3) is 0 Å². The summed E-state index contributed by atoms with van der Waals surface area (Å²) in [7, 11) is 0. The molecule has 0 heterocycles. The van der Waals surface area contributed by atoms with Gasteiger partial charge in [0, 0.05) is 17.1 Å². The largest absolute Gasteiger partial charge is 0.311 e. The lowest BCUT2D eigenvalue weighted by Crippen LogP contribution is -2.37. The standard InChI is InChI=1S/C18H21ClFN/c1-13(11-15-3-7-17(19)8-4-15)21-14(2)12-16-5-9-18(20)10-6-16/h3-10,13-14,21H,11-12H2,1-2H3. The van der Waals surface area contributed by atoms with Crippen molar-refractivity contribution in [1.82, 2.24) is 5.32 Å². The van der Waals surface area contributed by atoms with Gasteiger partial charge >= 0.3 is 0 Å². The van der Waals surface area contributed by atoms with E-state index >= 15 is 0 Å². The molecule has 0 spiro atoms. The smallest absolute Gasteiger partial charge is 0.123 e. The molecule has 0 aromatic heterocycles. The molecule has 21 heavy (non-hydrogen) atoms. The van der Waals surface area contributed by atoms with Crippen LogP contribution in [0.1, 0.15) is 25.0 Å². The Kier molecular flexibility index (Phi) is 5.77. The second kappa shape index (κ2) is 7.58. The summed E-state index contributed by atoms with van der Waals surface area (Å²) in [6.07, 6.45) is 1.86. The minimum absolute atomic E-state index is 0.185. The lowest BCUT2D eigenvalue weighted by Gasteiger charge is -2.20. The second-order valence-electron chi connectivity index (χ2n) is 5.63. The monoisotopic (exact) mass is 305 g/mol. The van der Waals surface area contributed by atoms with Crippen LogP contribution >= 0.6 is 11.6 Å². The van der Waals surface area contributed by atoms with E-state index in [1.807, 2.05) is 24.3 Å². The van der Waals surface area contributed by atoms with Crippen molar-refractivity contribution in [1.29, 1.82) is 0 Å². The third-order valence-electron chi connectivity index (χ3n) is 3.48. The van der Waals surface area contributed by atoms with E-state index in [9.17, 15) is 4.39 Å². The van der Waals surface area contributed by atoms with Crippen molar-refractivity contribution in [2.45, 2.75) is 38.8 Å². The average Bonchev–Trinajstić information content (AvgIpc) is 2.44. The molecule has 0 saturated heterocycles. The van der Waals surface area contributed by atoms with Gasteiger partial charge in [-0.2, -0.15) is 0 Å². The fourth-order valence-corrected chi connectivity index (χ4v) is 2.68. The fraction of sp³-hybridized carbons (Fsp3) is 0.333. The lowest BCUT2D eigenvalue weighted by atomic mass is 10.0. The predicted molar refractivity (Wildman–Crippen MR) is 87.3 cm³/mol. The molecule has 0 bridgehead atoms. The number of nitrogens with one attached hydrogen (secondary N) is 1. The summed E-state index contributed by atoms with van der Waals surface area (Å²) in [6, 6.07) is 15.4. The van der Waals surface area contributed by atoms with Crippen LogP contribution in [0.5, 0.6) is 0 Å². The normalized spacial score (nSPS) is 13.9. The third kappa shape index (κ3) is 5.49. The zero-order chi connectivity index (χ0) is 15.2. The first-order chi connectivity index (χ1) is 10.0. The molecule has 3 heteroatoms. The van der Waals surface area contributed by atoms with Gasteiger partial charge in [-0.1, -0.05) is 35.9 Å². The maximum absolute atomic E-state index is 12.9. The Hall–Kier alpha value is -1.38. The van der Waals surface area contributed by atoms with Gasteiger partial charge in [-0.05, 0) is 62.1 Å². The summed E-state index contributed by atoms with van der Waals surface area (Å²) in [4.78, 5) is 0. The highest BCUT2D eigenvalue weighted by atomic mass is 35.5. The Bertz CT molecular complexity index is 499. The van der Waals surface area contributed by atoms with Crippen LogP contribution in [0, 0.1) is 5.82 Å². The Morgan fingerprint density at radius 3 is 1.76 bits per heavy atom. The Morgan fingerprint density at radius 2 is 1.29 bits per heavy atom. The Labute approximate surface area is 131 Å². The van der Waals surface area contributed by atoms with E-state index in [-0.39, 0.29) is 5.82 Å². The van der Waals surface area contributed by atoms with E-state index in [0.717, 1.165) is 23.4 Å². The summed E-state index contributed by atoms with van der Waals surface area (Å²) in [5.74, 6) is -0.185. The molecule has 2 aromatic rings. The zero-order valence-corrected chi connectivity index (χ0v) is 13.2. The minimum atomic E-state index is -0.185. The number of rotatable bonds is 6. The fourth-order valence-electron chi connectivity index (χ4n) is 2.55. The van der Waals surface area contributed by atoms with Crippen LogP contribution in [0.4, 0.5) is 4.39 Å². The van der Waals surface area contributed by atoms with Crippen LogP contribution in [0.3, 0.4) is 0 Å². The summed E-state index contributed by atoms with van der Waals surface area (Å²) in [5, 5.41) is 4.35. The van der Waals surface area contributed by atoms with Gasteiger partial charge in [-0.25, -0.2) is 4.39 Å². The first-order valence-electron chi connectivity index (χ1n) is 7.28. The molecule has 1 N–H and O–H groups in total. The van der Waals surface area contributed by atoms with Gasteiger partial charge in [0.05, 0.1) is 0 Å². The van der Waals surface area contributed by atoms with E-state index in [0.29, 0.717) is 12.1 Å². The highest BCUT2D eigenvalue weighted by Crippen LogP contribution is 2.12. The summed E-state index contributed by atoms with van der Waals surface area (Å²) < 4.78 is 12.9. The van der Waals surface area contributed by atoms with Gasteiger partial charge in [-0.3, -0.25) is 0 Å². The highest BCUT2D eigenvalue weighted by molar-refractivity contribution is 6.30. The van der Waals surface area contributed by atoms with Crippen molar-refractivity contribution < 1.29 is 4.39 Å². The van der Waals surface area contributed by atoms with E-state index in [1.165, 1.54) is 17.7 Å². The van der Waals surface area contributed by atoms with Crippen LogP contribution < -0.4 is 5.32 Å². The summed E-state index contributed by atoms with van der Waals surface area (Å²) in [6.45, 7) is 4.33. The lowest BCUT2D eigenvalue weighted by molar-refractivity contribution is 0.462. The van der Waals surface area contributed by atoms with Crippen LogP contribution in [0.2, 0.25) is 5.02 Å². The Balaban J connectivity index is 1.82. The van der Waals surface area contributed by atoms with Gasteiger partial charge in [0.2, 0.25) is 0 Å². The predicted octanol–water partition coefficient (Wildman–Crippen LogP) is 4.63. The molecule has 0 aliphatic carbocycles. The van der Waals surface area contributed by atoms with Gasteiger partial charge < -0.3 is 5.32 Å². The van der Waals surface area contributed by atoms with Gasteiger partial charge in [0.25, 0.3) is 0 Å². The molecule has 2 rings (SSSR count). The molecular formula is C18H21ClFN. The van der Waals surface area contributed by atoms with Gasteiger partial charge in [-0.15, -0.1) is 0 Å². The molecule has 0 saturated carbocycles. The van der Waals surface area contributed by atoms with Crippen LogP contribution in [0.15, 0.2) is 48.5 Å². The van der Waals surface area contributed by atoms with Crippen LogP contribution in [-0.2, 0) is 12.8 Å². The highest BCUT2D eigenvalue weighted by Gasteiger charge is 2.09. The summed E-state index contributed by atoms with van der Waals surface area (Å²) in [5.41, 5.74) is 2.42.